The van der Waals surface area contributed by atoms with Crippen molar-refractivity contribution in [2.45, 2.75) is 62.0 Å². The van der Waals surface area contributed by atoms with Crippen LogP contribution >= 0.6 is 0 Å². The van der Waals surface area contributed by atoms with Gasteiger partial charge in [0.15, 0.2) is 11.5 Å². The first kappa shape index (κ1) is 26.7. The van der Waals surface area contributed by atoms with E-state index in [-0.39, 0.29) is 35.7 Å². The van der Waals surface area contributed by atoms with Crippen LogP contribution in [0.4, 0.5) is 0 Å². The number of hydrogen-bond donors (Lipinski definition) is 0. The zero-order valence-corrected chi connectivity index (χ0v) is 23.2. The lowest BCUT2D eigenvalue weighted by atomic mass is 10.1. The summed E-state index contributed by atoms with van der Waals surface area (Å²) in [4.78, 5) is 0.141. The third-order valence-corrected chi connectivity index (χ3v) is 10.9. The van der Waals surface area contributed by atoms with E-state index in [4.69, 9.17) is 9.47 Å². The van der Waals surface area contributed by atoms with Crippen molar-refractivity contribution in [1.29, 1.82) is 0 Å². The Hall–Kier alpha value is -2.92. The summed E-state index contributed by atoms with van der Waals surface area (Å²) in [5.74, 6) is 1.21. The summed E-state index contributed by atoms with van der Waals surface area (Å²) >= 11 is 0. The van der Waals surface area contributed by atoms with E-state index in [1.54, 1.807) is 12.1 Å². The molecule has 0 bridgehead atoms. The van der Waals surface area contributed by atoms with E-state index in [1.165, 1.54) is 32.9 Å². The molecule has 2 heterocycles. The number of hydrogen-bond acceptors (Lipinski definition) is 6. The summed E-state index contributed by atoms with van der Waals surface area (Å²) < 4.78 is 68.0. The van der Waals surface area contributed by atoms with E-state index >= 15 is 0 Å². The number of benzene rings is 3. The molecule has 0 aromatic heterocycles. The van der Waals surface area contributed by atoms with Crippen LogP contribution in [0.25, 0.3) is 0 Å². The highest BCUT2D eigenvalue weighted by Crippen LogP contribution is 2.34. The third kappa shape index (κ3) is 5.44. The van der Waals surface area contributed by atoms with Crippen molar-refractivity contribution in [3.05, 3.63) is 83.4 Å². The van der Waals surface area contributed by atoms with E-state index in [9.17, 15) is 16.8 Å². The maximum absolute atomic E-state index is 13.9. The van der Waals surface area contributed by atoms with E-state index in [0.29, 0.717) is 18.0 Å². The molecule has 3 aromatic rings. The highest BCUT2D eigenvalue weighted by molar-refractivity contribution is 7.89. The second kappa shape index (κ2) is 10.7. The summed E-state index contributed by atoms with van der Waals surface area (Å²) in [6, 6.07) is 18.6. The van der Waals surface area contributed by atoms with Crippen LogP contribution in [-0.4, -0.2) is 44.8 Å². The summed E-state index contributed by atoms with van der Waals surface area (Å²) in [6.45, 7) is 4.76. The Balaban J connectivity index is 1.44. The Morgan fingerprint density at radius 2 is 1.45 bits per heavy atom. The number of rotatable bonds is 8. The molecule has 0 saturated carbocycles. The summed E-state index contributed by atoms with van der Waals surface area (Å²) in [5.41, 5.74) is 2.68. The minimum atomic E-state index is -3.97. The Kier molecular flexibility index (Phi) is 7.50. The predicted octanol–water partition coefficient (Wildman–Crippen LogP) is 4.68. The number of aryl methyl sites for hydroxylation is 1. The lowest BCUT2D eigenvalue weighted by Gasteiger charge is -2.32. The molecule has 0 aliphatic carbocycles. The molecular formula is C28H32N2O6S2. The fourth-order valence-electron chi connectivity index (χ4n) is 4.86. The lowest BCUT2D eigenvalue weighted by Crippen LogP contribution is -2.41. The van der Waals surface area contributed by atoms with Gasteiger partial charge in [0.25, 0.3) is 0 Å². The number of sulfonamides is 2. The molecule has 5 rings (SSSR count). The van der Waals surface area contributed by atoms with Crippen LogP contribution in [0.5, 0.6) is 11.5 Å². The maximum atomic E-state index is 13.9. The van der Waals surface area contributed by atoms with Gasteiger partial charge in [0, 0.05) is 25.7 Å². The fraction of sp³-hybridized carbons (Fsp3) is 0.357. The molecule has 0 radical (unpaired) electrons. The van der Waals surface area contributed by atoms with E-state index in [1.807, 2.05) is 44.2 Å². The van der Waals surface area contributed by atoms with E-state index in [0.717, 1.165) is 36.0 Å². The molecular weight excluding hydrogens is 524 g/mol. The lowest BCUT2D eigenvalue weighted by molar-refractivity contribution is 0.174. The summed E-state index contributed by atoms with van der Waals surface area (Å²) in [6.07, 6.45) is 2.65. The Morgan fingerprint density at radius 3 is 2.16 bits per heavy atom. The summed E-state index contributed by atoms with van der Waals surface area (Å²) in [7, 11) is -7.67. The molecule has 0 unspecified atom stereocenters. The highest BCUT2D eigenvalue weighted by Gasteiger charge is 2.32. The van der Waals surface area contributed by atoms with Crippen molar-refractivity contribution < 1.29 is 26.3 Å². The van der Waals surface area contributed by atoms with Crippen LogP contribution < -0.4 is 9.47 Å². The molecule has 2 aliphatic rings. The molecule has 10 heteroatoms. The van der Waals surface area contributed by atoms with Crippen molar-refractivity contribution in [2.75, 3.05) is 13.3 Å². The van der Waals surface area contributed by atoms with Gasteiger partial charge in [-0.25, -0.2) is 16.8 Å². The number of nitrogens with zero attached hydrogens (tertiary/aromatic N) is 2. The van der Waals surface area contributed by atoms with Gasteiger partial charge in [-0.2, -0.15) is 8.61 Å². The first-order valence-corrected chi connectivity index (χ1v) is 15.6. The Bertz CT molecular complexity index is 1500. The molecule has 38 heavy (non-hydrogen) atoms. The normalized spacial score (nSPS) is 18.1. The molecule has 1 fully saturated rings. The molecule has 1 saturated heterocycles. The Labute approximate surface area is 224 Å². The molecule has 1 atom stereocenters. The number of ether oxygens (including phenoxy) is 2. The van der Waals surface area contributed by atoms with Gasteiger partial charge in [-0.15, -0.1) is 0 Å². The van der Waals surface area contributed by atoms with Gasteiger partial charge >= 0.3 is 0 Å². The zero-order valence-electron chi connectivity index (χ0n) is 21.5. The predicted molar refractivity (Wildman–Crippen MR) is 144 cm³/mol. The van der Waals surface area contributed by atoms with Crippen LogP contribution in [0.2, 0.25) is 0 Å². The SMILES string of the molecule is Cc1ccc(CN(Cc2ccc3c(c2)OCO3)S(=O)(=O)c2ccc(S(=O)(=O)N3CCCC[C@@H]3C)cc2)cc1. The first-order chi connectivity index (χ1) is 18.1. The van der Waals surface area contributed by atoms with Crippen LogP contribution in [0.1, 0.15) is 42.9 Å². The minimum absolute atomic E-state index is 0.0380. The number of piperidine rings is 1. The van der Waals surface area contributed by atoms with Gasteiger partial charge < -0.3 is 9.47 Å². The molecule has 0 amide bonds. The van der Waals surface area contributed by atoms with Crippen molar-refractivity contribution in [2.24, 2.45) is 0 Å². The van der Waals surface area contributed by atoms with Gasteiger partial charge in [-0.05, 0) is 74.2 Å². The smallest absolute Gasteiger partial charge is 0.243 e. The quantitative estimate of drug-likeness (QED) is 0.400. The van der Waals surface area contributed by atoms with Crippen LogP contribution in [0, 0.1) is 6.92 Å². The van der Waals surface area contributed by atoms with E-state index < -0.39 is 20.0 Å². The first-order valence-electron chi connectivity index (χ1n) is 12.7. The van der Waals surface area contributed by atoms with Crippen LogP contribution in [-0.2, 0) is 33.1 Å². The fourth-order valence-corrected chi connectivity index (χ4v) is 7.98. The van der Waals surface area contributed by atoms with Crippen molar-refractivity contribution in [1.82, 2.24) is 8.61 Å². The molecule has 8 nitrogen and oxygen atoms in total. The molecule has 202 valence electrons. The maximum Gasteiger partial charge on any atom is 0.243 e. The molecule has 2 aliphatic heterocycles. The molecule has 3 aromatic carbocycles. The van der Waals surface area contributed by atoms with Gasteiger partial charge in [0.2, 0.25) is 26.8 Å². The average Bonchev–Trinajstić information content (AvgIpc) is 3.38. The molecule has 0 spiro atoms. The Morgan fingerprint density at radius 1 is 0.816 bits per heavy atom. The second-order valence-electron chi connectivity index (χ2n) is 9.88. The van der Waals surface area contributed by atoms with E-state index in [2.05, 4.69) is 0 Å². The third-order valence-electron chi connectivity index (χ3n) is 7.09. The number of fused-ring (bicyclic) bond motifs is 1. The van der Waals surface area contributed by atoms with Gasteiger partial charge in [-0.1, -0.05) is 42.3 Å². The van der Waals surface area contributed by atoms with Crippen molar-refractivity contribution in [3.8, 4) is 11.5 Å². The summed E-state index contributed by atoms with van der Waals surface area (Å²) in [5, 5.41) is 0. The van der Waals surface area contributed by atoms with Gasteiger partial charge in [0.05, 0.1) is 9.79 Å². The van der Waals surface area contributed by atoms with Gasteiger partial charge in [0.1, 0.15) is 0 Å². The molecule has 0 N–H and O–H groups in total. The second-order valence-corrected chi connectivity index (χ2v) is 13.7. The average molecular weight is 557 g/mol. The van der Waals surface area contributed by atoms with Gasteiger partial charge in [-0.3, -0.25) is 0 Å². The largest absolute Gasteiger partial charge is 0.454 e. The minimum Gasteiger partial charge on any atom is -0.454 e. The van der Waals surface area contributed by atoms with Crippen LogP contribution in [0.15, 0.2) is 76.5 Å². The topological polar surface area (TPSA) is 93.2 Å². The van der Waals surface area contributed by atoms with Crippen molar-refractivity contribution in [3.63, 3.8) is 0 Å². The van der Waals surface area contributed by atoms with Crippen LogP contribution in [0.3, 0.4) is 0 Å². The monoisotopic (exact) mass is 556 g/mol. The highest BCUT2D eigenvalue weighted by atomic mass is 32.2. The zero-order chi connectivity index (χ0) is 26.9. The van der Waals surface area contributed by atoms with Crippen molar-refractivity contribution >= 4 is 20.0 Å². The standard InChI is InChI=1S/C28H32N2O6S2/c1-21-6-8-23(9-7-21)18-29(19-24-10-15-27-28(17-24)36-20-35-27)37(31,32)25-11-13-26(14-12-25)38(33,34)30-16-4-3-5-22(30)2/h6-15,17,22H,3-5,16,18-20H2,1-2H3/t22-/m0/s1.